The van der Waals surface area contributed by atoms with E-state index in [4.69, 9.17) is 4.42 Å². The molecule has 1 N–H and O–H groups in total. The number of carbonyl (C=O) groups is 1. The third-order valence-corrected chi connectivity index (χ3v) is 5.54. The van der Waals surface area contributed by atoms with Gasteiger partial charge in [0.2, 0.25) is 11.7 Å². The molecule has 0 fully saturated rings. The summed E-state index contributed by atoms with van der Waals surface area (Å²) in [6.07, 6.45) is 1.61. The van der Waals surface area contributed by atoms with Crippen molar-refractivity contribution in [3.63, 3.8) is 0 Å². The molecule has 4 rings (SSSR count). The highest BCUT2D eigenvalue weighted by molar-refractivity contribution is 9.10. The molecule has 29 heavy (non-hydrogen) atoms. The number of nitrogens with zero attached hydrogens (tertiary/aromatic N) is 3. The van der Waals surface area contributed by atoms with E-state index in [9.17, 15) is 4.79 Å². The summed E-state index contributed by atoms with van der Waals surface area (Å²) in [5, 5.41) is 12.1. The number of aromatic nitrogens is 3. The van der Waals surface area contributed by atoms with E-state index in [-0.39, 0.29) is 11.7 Å². The van der Waals surface area contributed by atoms with E-state index in [0.29, 0.717) is 23.3 Å². The summed E-state index contributed by atoms with van der Waals surface area (Å²) in [6, 6.07) is 21.2. The average Bonchev–Trinajstić information content (AvgIpc) is 3.37. The minimum absolute atomic E-state index is 0.109. The molecule has 6 nitrogen and oxygen atoms in total. The molecule has 0 aliphatic carbocycles. The van der Waals surface area contributed by atoms with Gasteiger partial charge >= 0.3 is 0 Å². The van der Waals surface area contributed by atoms with E-state index in [2.05, 4.69) is 31.4 Å². The molecule has 0 saturated heterocycles. The number of halogens is 1. The quantitative estimate of drug-likeness (QED) is 0.382. The number of anilines is 1. The molecule has 0 aliphatic heterocycles. The largest absolute Gasteiger partial charge is 0.461 e. The second-order valence-electron chi connectivity index (χ2n) is 6.20. The number of hydrogen-bond acceptors (Lipinski definition) is 5. The maximum atomic E-state index is 12.4. The van der Waals surface area contributed by atoms with Crippen molar-refractivity contribution in [2.75, 3.05) is 11.1 Å². The third-order valence-electron chi connectivity index (χ3n) is 4.08. The monoisotopic (exact) mass is 468 g/mol. The molecule has 8 heteroatoms. The Hall–Kier alpha value is -2.84. The van der Waals surface area contributed by atoms with Crippen LogP contribution in [0.5, 0.6) is 0 Å². The zero-order valence-corrected chi connectivity index (χ0v) is 17.7. The van der Waals surface area contributed by atoms with Gasteiger partial charge in [-0.2, -0.15) is 0 Å². The van der Waals surface area contributed by atoms with Gasteiger partial charge in [-0.15, -0.1) is 10.2 Å². The normalized spacial score (nSPS) is 10.8. The van der Waals surface area contributed by atoms with E-state index in [0.717, 1.165) is 15.7 Å². The number of furan rings is 1. The molecule has 0 aliphatic rings. The first-order valence-electron chi connectivity index (χ1n) is 8.88. The van der Waals surface area contributed by atoms with Gasteiger partial charge < -0.3 is 9.73 Å². The van der Waals surface area contributed by atoms with Gasteiger partial charge in [-0.1, -0.05) is 64.1 Å². The molecule has 0 unspecified atom stereocenters. The Bertz CT molecular complexity index is 1100. The number of amides is 1. The van der Waals surface area contributed by atoms with Crippen LogP contribution in [0.15, 0.2) is 87.0 Å². The van der Waals surface area contributed by atoms with E-state index in [1.807, 2.05) is 71.3 Å². The molecule has 2 heterocycles. The van der Waals surface area contributed by atoms with Crippen molar-refractivity contribution in [3.05, 3.63) is 83.0 Å². The molecule has 4 aromatic rings. The fraction of sp³-hybridized carbons (Fsp3) is 0.0952. The highest BCUT2D eigenvalue weighted by atomic mass is 79.9. The van der Waals surface area contributed by atoms with Gasteiger partial charge in [0, 0.05) is 10.2 Å². The Kier molecular flexibility index (Phi) is 6.12. The summed E-state index contributed by atoms with van der Waals surface area (Å²) in [5.74, 6) is 1.38. The number of nitrogens with one attached hydrogen (secondary N) is 1. The predicted molar refractivity (Wildman–Crippen MR) is 117 cm³/mol. The summed E-state index contributed by atoms with van der Waals surface area (Å²) >= 11 is 4.74. The molecule has 0 atom stereocenters. The SMILES string of the molecule is O=C(CSc1nnc(-c2ccco2)n1Cc1ccccc1)Nc1cccc(Br)c1. The van der Waals surface area contributed by atoms with Gasteiger partial charge in [0.1, 0.15) is 0 Å². The van der Waals surface area contributed by atoms with Crippen LogP contribution in [-0.4, -0.2) is 26.4 Å². The zero-order chi connectivity index (χ0) is 20.1. The molecule has 1 amide bonds. The summed E-state index contributed by atoms with van der Waals surface area (Å²) in [4.78, 5) is 12.4. The number of hydrogen-bond donors (Lipinski definition) is 1. The molecule has 146 valence electrons. The molecule has 0 radical (unpaired) electrons. The Labute approximate surface area is 180 Å². The van der Waals surface area contributed by atoms with Crippen molar-refractivity contribution in [2.24, 2.45) is 0 Å². The topological polar surface area (TPSA) is 73.0 Å². The van der Waals surface area contributed by atoms with Gasteiger partial charge in [0.05, 0.1) is 18.6 Å². The highest BCUT2D eigenvalue weighted by Gasteiger charge is 2.18. The van der Waals surface area contributed by atoms with Gasteiger partial charge in [-0.3, -0.25) is 9.36 Å². The average molecular weight is 469 g/mol. The molecular formula is C21H17BrN4O2S. The van der Waals surface area contributed by atoms with Crippen LogP contribution in [0.3, 0.4) is 0 Å². The van der Waals surface area contributed by atoms with E-state index >= 15 is 0 Å². The molecule has 2 aromatic carbocycles. The second-order valence-corrected chi connectivity index (χ2v) is 8.06. The maximum Gasteiger partial charge on any atom is 0.234 e. The molecule has 0 bridgehead atoms. The Morgan fingerprint density at radius 2 is 1.93 bits per heavy atom. The van der Waals surface area contributed by atoms with E-state index < -0.39 is 0 Å². The van der Waals surface area contributed by atoms with Crippen LogP contribution >= 0.6 is 27.7 Å². The van der Waals surface area contributed by atoms with Crippen LogP contribution in [0.2, 0.25) is 0 Å². The minimum Gasteiger partial charge on any atom is -0.461 e. The van der Waals surface area contributed by atoms with Crippen LogP contribution in [0.4, 0.5) is 5.69 Å². The first-order chi connectivity index (χ1) is 14.2. The van der Waals surface area contributed by atoms with Crippen LogP contribution < -0.4 is 5.32 Å². The number of carbonyl (C=O) groups excluding carboxylic acids is 1. The fourth-order valence-corrected chi connectivity index (χ4v) is 3.92. The summed E-state index contributed by atoms with van der Waals surface area (Å²) in [5.41, 5.74) is 1.85. The van der Waals surface area contributed by atoms with E-state index in [1.165, 1.54) is 11.8 Å². The summed E-state index contributed by atoms with van der Waals surface area (Å²) < 4.78 is 8.39. The predicted octanol–water partition coefficient (Wildman–Crippen LogP) is 5.08. The van der Waals surface area contributed by atoms with Crippen molar-refractivity contribution in [3.8, 4) is 11.6 Å². The van der Waals surface area contributed by atoms with Crippen LogP contribution in [0.1, 0.15) is 5.56 Å². The standard InChI is InChI=1S/C21H17BrN4O2S/c22-16-8-4-9-17(12-16)23-19(27)14-29-21-25-24-20(18-10-5-11-28-18)26(21)13-15-6-2-1-3-7-15/h1-12H,13-14H2,(H,23,27). The smallest absolute Gasteiger partial charge is 0.234 e. The second kappa shape index (κ2) is 9.11. The first kappa shape index (κ1) is 19.5. The molecular weight excluding hydrogens is 452 g/mol. The van der Waals surface area contributed by atoms with Crippen molar-refractivity contribution in [1.29, 1.82) is 0 Å². The lowest BCUT2D eigenvalue weighted by atomic mass is 10.2. The summed E-state index contributed by atoms with van der Waals surface area (Å²) in [7, 11) is 0. The van der Waals surface area contributed by atoms with Crippen LogP contribution in [0.25, 0.3) is 11.6 Å². The lowest BCUT2D eigenvalue weighted by molar-refractivity contribution is -0.113. The van der Waals surface area contributed by atoms with Gasteiger partial charge in [-0.05, 0) is 35.9 Å². The van der Waals surface area contributed by atoms with Crippen molar-refractivity contribution < 1.29 is 9.21 Å². The zero-order valence-electron chi connectivity index (χ0n) is 15.3. The lowest BCUT2D eigenvalue weighted by Crippen LogP contribution is -2.14. The van der Waals surface area contributed by atoms with Crippen molar-refractivity contribution in [1.82, 2.24) is 14.8 Å². The Morgan fingerprint density at radius 1 is 1.07 bits per heavy atom. The van der Waals surface area contributed by atoms with Gasteiger partial charge in [-0.25, -0.2) is 0 Å². The third kappa shape index (κ3) is 4.96. The van der Waals surface area contributed by atoms with Crippen LogP contribution in [-0.2, 0) is 11.3 Å². The van der Waals surface area contributed by atoms with Crippen LogP contribution in [0, 0.1) is 0 Å². The lowest BCUT2D eigenvalue weighted by Gasteiger charge is -2.09. The number of benzene rings is 2. The van der Waals surface area contributed by atoms with Crippen molar-refractivity contribution in [2.45, 2.75) is 11.7 Å². The maximum absolute atomic E-state index is 12.4. The number of rotatable bonds is 7. The fourth-order valence-electron chi connectivity index (χ4n) is 2.79. The molecule has 0 saturated carbocycles. The molecule has 0 spiro atoms. The Balaban J connectivity index is 1.51. The van der Waals surface area contributed by atoms with Gasteiger partial charge in [0.25, 0.3) is 0 Å². The summed E-state index contributed by atoms with van der Waals surface area (Å²) in [6.45, 7) is 0.583. The Morgan fingerprint density at radius 3 is 2.69 bits per heavy atom. The highest BCUT2D eigenvalue weighted by Crippen LogP contribution is 2.26. The first-order valence-corrected chi connectivity index (χ1v) is 10.7. The number of thioether (sulfide) groups is 1. The van der Waals surface area contributed by atoms with E-state index in [1.54, 1.807) is 6.26 Å². The van der Waals surface area contributed by atoms with Crippen molar-refractivity contribution >= 4 is 39.3 Å². The molecule has 2 aromatic heterocycles. The van der Waals surface area contributed by atoms with Gasteiger partial charge in [0.15, 0.2) is 10.9 Å². The minimum atomic E-state index is -0.109.